The van der Waals surface area contributed by atoms with Gasteiger partial charge >= 0.3 is 0 Å². The van der Waals surface area contributed by atoms with Crippen LogP contribution in [0.15, 0.2) is 24.3 Å². The highest BCUT2D eigenvalue weighted by molar-refractivity contribution is 5.96. The van der Waals surface area contributed by atoms with Crippen molar-refractivity contribution in [2.45, 2.75) is 39.2 Å². The van der Waals surface area contributed by atoms with Crippen LogP contribution >= 0.6 is 0 Å². The second-order valence-corrected chi connectivity index (χ2v) is 3.99. The van der Waals surface area contributed by atoms with Crippen LogP contribution in [0.2, 0.25) is 0 Å². The van der Waals surface area contributed by atoms with Crippen LogP contribution in [-0.4, -0.2) is 11.9 Å². The average molecular weight is 229 g/mol. The van der Waals surface area contributed by atoms with Gasteiger partial charge in [-0.15, -0.1) is 6.42 Å². The van der Waals surface area contributed by atoms with Crippen molar-refractivity contribution in [1.82, 2.24) is 5.32 Å². The summed E-state index contributed by atoms with van der Waals surface area (Å²) in [6.07, 6.45) is 8.02. The normalized spacial score (nSPS) is 11.6. The number of hydrogen-bond acceptors (Lipinski definition) is 1. The van der Waals surface area contributed by atoms with Gasteiger partial charge in [-0.25, -0.2) is 0 Å². The number of amides is 1. The molecule has 0 aliphatic heterocycles. The highest BCUT2D eigenvalue weighted by Crippen LogP contribution is 2.10. The number of nitrogens with one attached hydrogen (secondary N) is 1. The Bertz CT molecular complexity index is 417. The fraction of sp³-hybridized carbons (Fsp3) is 0.400. The van der Waals surface area contributed by atoms with Gasteiger partial charge in [0.05, 0.1) is 6.04 Å². The lowest BCUT2D eigenvalue weighted by Crippen LogP contribution is -2.34. The molecule has 1 rings (SSSR count). The molecule has 0 bridgehead atoms. The van der Waals surface area contributed by atoms with Crippen LogP contribution in [0.25, 0.3) is 0 Å². The van der Waals surface area contributed by atoms with Crippen LogP contribution in [0.3, 0.4) is 0 Å². The zero-order valence-corrected chi connectivity index (χ0v) is 10.5. The quantitative estimate of drug-likeness (QED) is 0.773. The average Bonchev–Trinajstić information content (AvgIpc) is 2.38. The highest BCUT2D eigenvalue weighted by Gasteiger charge is 2.13. The molecule has 0 heterocycles. The Hall–Kier alpha value is -1.75. The van der Waals surface area contributed by atoms with E-state index >= 15 is 0 Å². The van der Waals surface area contributed by atoms with Crippen LogP contribution in [0, 0.1) is 12.3 Å². The molecule has 0 aromatic heterocycles. The Morgan fingerprint density at radius 1 is 1.41 bits per heavy atom. The van der Waals surface area contributed by atoms with E-state index in [2.05, 4.69) is 18.2 Å². The molecule has 1 aromatic carbocycles. The monoisotopic (exact) mass is 229 g/mol. The molecule has 0 saturated carbocycles. The highest BCUT2D eigenvalue weighted by atomic mass is 16.1. The van der Waals surface area contributed by atoms with Crippen molar-refractivity contribution in [3.05, 3.63) is 35.4 Å². The molecule has 90 valence electrons. The lowest BCUT2D eigenvalue weighted by Gasteiger charge is -2.13. The summed E-state index contributed by atoms with van der Waals surface area (Å²) in [6, 6.07) is 7.46. The van der Waals surface area contributed by atoms with E-state index in [4.69, 9.17) is 6.42 Å². The van der Waals surface area contributed by atoms with Crippen LogP contribution in [0.5, 0.6) is 0 Å². The number of terminal acetylenes is 1. The summed E-state index contributed by atoms with van der Waals surface area (Å²) in [5.41, 5.74) is 1.78. The van der Waals surface area contributed by atoms with Gasteiger partial charge in [-0.1, -0.05) is 44.4 Å². The Morgan fingerprint density at radius 2 is 2.12 bits per heavy atom. The molecule has 0 saturated heterocycles. The summed E-state index contributed by atoms with van der Waals surface area (Å²) in [6.45, 7) is 4.09. The zero-order valence-electron chi connectivity index (χ0n) is 10.5. The Labute approximate surface area is 103 Å². The molecule has 1 aromatic rings. The first-order valence-corrected chi connectivity index (χ1v) is 6.07. The fourth-order valence-corrected chi connectivity index (χ4v) is 1.77. The molecule has 2 nitrogen and oxygen atoms in total. The van der Waals surface area contributed by atoms with Crippen molar-refractivity contribution in [2.75, 3.05) is 0 Å². The maximum atomic E-state index is 12.1. The molecule has 1 atom stereocenters. The number of carbonyl (C=O) groups is 1. The van der Waals surface area contributed by atoms with Crippen LogP contribution in [-0.2, 0) is 6.42 Å². The Morgan fingerprint density at radius 3 is 2.71 bits per heavy atom. The fourth-order valence-electron chi connectivity index (χ4n) is 1.77. The molecule has 17 heavy (non-hydrogen) atoms. The minimum absolute atomic E-state index is 0.0705. The maximum absolute atomic E-state index is 12.1. The zero-order chi connectivity index (χ0) is 12.7. The van der Waals surface area contributed by atoms with Gasteiger partial charge in [0.2, 0.25) is 0 Å². The summed E-state index contributed by atoms with van der Waals surface area (Å²) in [5.74, 6) is 2.54. The molecular formula is C15H19NO. The third kappa shape index (κ3) is 3.64. The predicted octanol–water partition coefficient (Wildman–Crippen LogP) is 2.78. The van der Waals surface area contributed by atoms with Gasteiger partial charge in [-0.05, 0) is 24.5 Å². The number of rotatable bonds is 5. The Kier molecular flexibility index (Phi) is 5.29. The molecular weight excluding hydrogens is 210 g/mol. The van der Waals surface area contributed by atoms with Crippen LogP contribution in [0.4, 0.5) is 0 Å². The molecule has 2 heteroatoms. The van der Waals surface area contributed by atoms with Crippen molar-refractivity contribution in [3.63, 3.8) is 0 Å². The van der Waals surface area contributed by atoms with Gasteiger partial charge < -0.3 is 5.32 Å². The van der Waals surface area contributed by atoms with E-state index in [0.717, 1.165) is 30.4 Å². The molecule has 0 spiro atoms. The second kappa shape index (κ2) is 6.75. The van der Waals surface area contributed by atoms with Crippen molar-refractivity contribution < 1.29 is 4.79 Å². The molecule has 0 aliphatic rings. The Balaban J connectivity index is 2.79. The summed E-state index contributed by atoms with van der Waals surface area (Å²) >= 11 is 0. The van der Waals surface area contributed by atoms with Crippen molar-refractivity contribution in [1.29, 1.82) is 0 Å². The van der Waals surface area contributed by atoms with E-state index in [1.807, 2.05) is 31.2 Å². The third-order valence-corrected chi connectivity index (χ3v) is 2.73. The first kappa shape index (κ1) is 13.3. The summed E-state index contributed by atoms with van der Waals surface area (Å²) in [5, 5.41) is 2.88. The SMILES string of the molecule is C#CC(CCC)NC(=O)c1ccccc1CC. The molecule has 1 unspecified atom stereocenters. The largest absolute Gasteiger partial charge is 0.338 e. The number of benzene rings is 1. The first-order chi connectivity index (χ1) is 8.22. The van der Waals surface area contributed by atoms with Gasteiger partial charge in [0.25, 0.3) is 5.91 Å². The van der Waals surface area contributed by atoms with Gasteiger partial charge in [-0.2, -0.15) is 0 Å². The van der Waals surface area contributed by atoms with Gasteiger partial charge in [0.15, 0.2) is 0 Å². The maximum Gasteiger partial charge on any atom is 0.252 e. The number of carbonyl (C=O) groups excluding carboxylic acids is 1. The van der Waals surface area contributed by atoms with E-state index in [-0.39, 0.29) is 11.9 Å². The second-order valence-electron chi connectivity index (χ2n) is 3.99. The van der Waals surface area contributed by atoms with Crippen molar-refractivity contribution in [3.8, 4) is 12.3 Å². The lowest BCUT2D eigenvalue weighted by atomic mass is 10.0. The van der Waals surface area contributed by atoms with E-state index in [0.29, 0.717) is 0 Å². The first-order valence-electron chi connectivity index (χ1n) is 6.07. The van der Waals surface area contributed by atoms with Gasteiger partial charge in [0.1, 0.15) is 0 Å². The molecule has 1 N–H and O–H groups in total. The number of hydrogen-bond donors (Lipinski definition) is 1. The lowest BCUT2D eigenvalue weighted by molar-refractivity contribution is 0.0943. The smallest absolute Gasteiger partial charge is 0.252 e. The predicted molar refractivity (Wildman–Crippen MR) is 70.8 cm³/mol. The minimum atomic E-state index is -0.169. The van der Waals surface area contributed by atoms with E-state index < -0.39 is 0 Å². The van der Waals surface area contributed by atoms with E-state index in [1.54, 1.807) is 0 Å². The molecule has 0 radical (unpaired) electrons. The van der Waals surface area contributed by atoms with Crippen molar-refractivity contribution in [2.24, 2.45) is 0 Å². The van der Waals surface area contributed by atoms with Gasteiger partial charge in [0, 0.05) is 5.56 Å². The molecule has 0 aliphatic carbocycles. The van der Waals surface area contributed by atoms with E-state index in [9.17, 15) is 4.79 Å². The molecule has 0 fully saturated rings. The standard InChI is InChI=1S/C15H19NO/c1-4-9-13(6-3)16-15(17)14-11-8-7-10-12(14)5-2/h3,7-8,10-11,13H,4-5,9H2,1-2H3,(H,16,17). The van der Waals surface area contributed by atoms with Crippen LogP contribution < -0.4 is 5.32 Å². The van der Waals surface area contributed by atoms with E-state index in [1.165, 1.54) is 0 Å². The topological polar surface area (TPSA) is 29.1 Å². The van der Waals surface area contributed by atoms with Crippen molar-refractivity contribution >= 4 is 5.91 Å². The summed E-state index contributed by atoms with van der Waals surface area (Å²) in [7, 11) is 0. The summed E-state index contributed by atoms with van der Waals surface area (Å²) in [4.78, 5) is 12.1. The van der Waals surface area contributed by atoms with Crippen LogP contribution in [0.1, 0.15) is 42.6 Å². The number of aryl methyl sites for hydroxylation is 1. The summed E-state index contributed by atoms with van der Waals surface area (Å²) < 4.78 is 0. The van der Waals surface area contributed by atoms with Gasteiger partial charge in [-0.3, -0.25) is 4.79 Å². The molecule has 1 amide bonds. The third-order valence-electron chi connectivity index (χ3n) is 2.73. The minimum Gasteiger partial charge on any atom is -0.338 e.